The minimum absolute atomic E-state index is 0.0444. The first-order chi connectivity index (χ1) is 11.4. The fourth-order valence-corrected chi connectivity index (χ4v) is 2.85. The maximum absolute atomic E-state index is 12.1. The van der Waals surface area contributed by atoms with Crippen LogP contribution in [0.5, 0.6) is 0 Å². The van der Waals surface area contributed by atoms with E-state index in [0.29, 0.717) is 10.7 Å². The molecule has 8 heteroatoms. The maximum atomic E-state index is 12.1. The van der Waals surface area contributed by atoms with Gasteiger partial charge in [0.15, 0.2) is 0 Å². The third-order valence-electron chi connectivity index (χ3n) is 3.04. The molecule has 6 nitrogen and oxygen atoms in total. The zero-order chi connectivity index (χ0) is 17.7. The minimum Gasteiger partial charge on any atom is -0.383 e. The Balaban J connectivity index is 2.06. The summed E-state index contributed by atoms with van der Waals surface area (Å²) >= 11 is 4.50. The molecule has 120 valence electrons. The van der Waals surface area contributed by atoms with Gasteiger partial charge in [-0.1, -0.05) is 27.7 Å². The summed E-state index contributed by atoms with van der Waals surface area (Å²) in [7, 11) is 0. The molecule has 0 aliphatic heterocycles. The van der Waals surface area contributed by atoms with Gasteiger partial charge in [0.2, 0.25) is 5.91 Å². The van der Waals surface area contributed by atoms with Crippen LogP contribution in [0.3, 0.4) is 0 Å². The first-order valence-electron chi connectivity index (χ1n) is 6.74. The Kier molecular flexibility index (Phi) is 5.80. The van der Waals surface area contributed by atoms with Crippen LogP contribution in [0.25, 0.3) is 0 Å². The van der Waals surface area contributed by atoms with Crippen LogP contribution in [0, 0.1) is 29.6 Å². The highest BCUT2D eigenvalue weighted by molar-refractivity contribution is 9.10. The van der Waals surface area contributed by atoms with E-state index in [1.54, 1.807) is 6.07 Å². The van der Waals surface area contributed by atoms with E-state index in [4.69, 9.17) is 16.3 Å². The van der Waals surface area contributed by atoms with E-state index in [1.807, 2.05) is 31.2 Å². The van der Waals surface area contributed by atoms with Crippen LogP contribution in [0.1, 0.15) is 16.7 Å². The topological polar surface area (TPSA) is 116 Å². The van der Waals surface area contributed by atoms with Crippen molar-refractivity contribution in [2.75, 3.05) is 16.8 Å². The Morgan fingerprint density at radius 2 is 2.04 bits per heavy atom. The average Bonchev–Trinajstić information content (AvgIpc) is 2.56. The normalized spacial score (nSPS) is 9.83. The molecule has 0 saturated carbocycles. The van der Waals surface area contributed by atoms with Gasteiger partial charge in [-0.05, 0) is 36.8 Å². The van der Waals surface area contributed by atoms with Crippen molar-refractivity contribution in [2.24, 2.45) is 0 Å². The number of thioether (sulfide) groups is 1. The zero-order valence-corrected chi connectivity index (χ0v) is 15.0. The maximum Gasteiger partial charge on any atom is 0.234 e. The number of benzene rings is 1. The van der Waals surface area contributed by atoms with E-state index in [9.17, 15) is 4.79 Å². The molecule has 0 atom stereocenters. The van der Waals surface area contributed by atoms with Crippen LogP contribution < -0.4 is 11.1 Å². The number of anilines is 2. The van der Waals surface area contributed by atoms with E-state index >= 15 is 0 Å². The minimum atomic E-state index is -0.227. The second kappa shape index (κ2) is 7.82. The number of hydrogen-bond acceptors (Lipinski definition) is 6. The van der Waals surface area contributed by atoms with Gasteiger partial charge in [-0.2, -0.15) is 10.5 Å². The lowest BCUT2D eigenvalue weighted by Crippen LogP contribution is -2.14. The van der Waals surface area contributed by atoms with E-state index in [2.05, 4.69) is 26.2 Å². The summed E-state index contributed by atoms with van der Waals surface area (Å²) in [5, 5.41) is 21.1. The first-order valence-corrected chi connectivity index (χ1v) is 8.52. The number of nitrogens with zero attached hydrogens (tertiary/aromatic N) is 3. The van der Waals surface area contributed by atoms with Gasteiger partial charge >= 0.3 is 0 Å². The van der Waals surface area contributed by atoms with Crippen molar-refractivity contribution in [3.63, 3.8) is 0 Å². The summed E-state index contributed by atoms with van der Waals surface area (Å²) in [6.07, 6.45) is 0. The highest BCUT2D eigenvalue weighted by Gasteiger charge is 2.12. The van der Waals surface area contributed by atoms with Crippen molar-refractivity contribution in [3.8, 4) is 12.1 Å². The molecule has 1 heterocycles. The predicted molar refractivity (Wildman–Crippen MR) is 96.3 cm³/mol. The second-order valence-corrected chi connectivity index (χ2v) is 6.62. The van der Waals surface area contributed by atoms with Crippen LogP contribution in [0.15, 0.2) is 33.8 Å². The summed E-state index contributed by atoms with van der Waals surface area (Å²) in [6, 6.07) is 10.7. The molecule has 3 N–H and O–H groups in total. The van der Waals surface area contributed by atoms with Crippen LogP contribution in [-0.2, 0) is 4.79 Å². The number of carbonyl (C=O) groups is 1. The highest BCUT2D eigenvalue weighted by atomic mass is 79.9. The third-order valence-corrected chi connectivity index (χ3v) is 4.92. The number of aromatic nitrogens is 1. The summed E-state index contributed by atoms with van der Waals surface area (Å²) in [5.41, 5.74) is 7.72. The van der Waals surface area contributed by atoms with E-state index in [-0.39, 0.29) is 28.6 Å². The van der Waals surface area contributed by atoms with Gasteiger partial charge in [-0.3, -0.25) is 4.79 Å². The molecule has 1 aromatic carbocycles. The molecule has 2 aromatic rings. The average molecular weight is 402 g/mol. The van der Waals surface area contributed by atoms with Gasteiger partial charge in [0.25, 0.3) is 0 Å². The first kappa shape index (κ1) is 17.8. The third kappa shape index (κ3) is 4.25. The summed E-state index contributed by atoms with van der Waals surface area (Å²) in [4.78, 5) is 16.1. The second-order valence-electron chi connectivity index (χ2n) is 4.80. The summed E-state index contributed by atoms with van der Waals surface area (Å²) in [5.74, 6) is -0.111. The van der Waals surface area contributed by atoms with Crippen molar-refractivity contribution < 1.29 is 4.79 Å². The van der Waals surface area contributed by atoms with Crippen LogP contribution >= 0.6 is 27.7 Å². The molecule has 0 fully saturated rings. The Bertz CT molecular complexity index is 885. The molecule has 1 aromatic heterocycles. The zero-order valence-electron chi connectivity index (χ0n) is 12.6. The molecule has 0 aliphatic carbocycles. The fraction of sp³-hybridized carbons (Fsp3) is 0.125. The summed E-state index contributed by atoms with van der Waals surface area (Å²) < 4.78 is 0.964. The number of nitrogens with two attached hydrogens (primary N) is 1. The molecular formula is C16H12BrN5OS. The van der Waals surface area contributed by atoms with E-state index < -0.39 is 0 Å². The molecule has 0 unspecified atom stereocenters. The Morgan fingerprint density at radius 1 is 1.33 bits per heavy atom. The van der Waals surface area contributed by atoms with Crippen molar-refractivity contribution in [1.82, 2.24) is 4.98 Å². The molecule has 0 bridgehead atoms. The van der Waals surface area contributed by atoms with Gasteiger partial charge in [-0.15, -0.1) is 0 Å². The molecule has 24 heavy (non-hydrogen) atoms. The molecule has 0 aliphatic rings. The lowest BCUT2D eigenvalue weighted by atomic mass is 10.2. The Labute approximate surface area is 151 Å². The SMILES string of the molecule is Cc1cc(NC(=O)CSc2nc(N)c(C#N)cc2C#N)ccc1Br. The number of nitrogen functional groups attached to an aromatic ring is 1. The number of pyridine rings is 1. The van der Waals surface area contributed by atoms with Crippen molar-refractivity contribution in [2.45, 2.75) is 11.9 Å². The molecule has 0 saturated heterocycles. The monoisotopic (exact) mass is 401 g/mol. The van der Waals surface area contributed by atoms with Crippen LogP contribution in [-0.4, -0.2) is 16.6 Å². The van der Waals surface area contributed by atoms with Gasteiger partial charge in [0, 0.05) is 10.2 Å². The lowest BCUT2D eigenvalue weighted by molar-refractivity contribution is -0.113. The molecule has 2 rings (SSSR count). The smallest absolute Gasteiger partial charge is 0.234 e. The largest absolute Gasteiger partial charge is 0.383 e. The van der Waals surface area contributed by atoms with Crippen LogP contribution in [0.4, 0.5) is 11.5 Å². The molecule has 0 radical (unpaired) electrons. The number of aryl methyl sites for hydroxylation is 1. The fourth-order valence-electron chi connectivity index (χ4n) is 1.84. The molecule has 1 amide bonds. The number of nitriles is 2. The quantitative estimate of drug-likeness (QED) is 0.759. The van der Waals surface area contributed by atoms with E-state index in [0.717, 1.165) is 21.8 Å². The van der Waals surface area contributed by atoms with Crippen LogP contribution in [0.2, 0.25) is 0 Å². The van der Waals surface area contributed by atoms with Gasteiger partial charge in [0.1, 0.15) is 23.0 Å². The standard InChI is InChI=1S/C16H12BrN5OS/c1-9-4-12(2-3-13(9)17)21-14(23)8-24-16-11(7-19)5-10(6-18)15(20)22-16/h2-5H,8H2,1H3,(H2,20,22)(H,21,23). The highest BCUT2D eigenvalue weighted by Crippen LogP contribution is 2.24. The number of carbonyl (C=O) groups excluding carboxylic acids is 1. The van der Waals surface area contributed by atoms with Crippen molar-refractivity contribution in [3.05, 3.63) is 45.4 Å². The number of rotatable bonds is 4. The Morgan fingerprint density at radius 3 is 2.67 bits per heavy atom. The summed E-state index contributed by atoms with van der Waals surface area (Å²) in [6.45, 7) is 1.93. The van der Waals surface area contributed by atoms with Gasteiger partial charge in [0.05, 0.1) is 16.9 Å². The lowest BCUT2D eigenvalue weighted by Gasteiger charge is -2.08. The van der Waals surface area contributed by atoms with Crippen molar-refractivity contribution in [1.29, 1.82) is 10.5 Å². The number of amides is 1. The number of nitrogens with one attached hydrogen (secondary N) is 1. The molecule has 0 spiro atoms. The van der Waals surface area contributed by atoms with E-state index in [1.165, 1.54) is 6.07 Å². The number of hydrogen-bond donors (Lipinski definition) is 2. The molecular weight excluding hydrogens is 390 g/mol. The number of halogens is 1. The van der Waals surface area contributed by atoms with Gasteiger partial charge in [-0.25, -0.2) is 4.98 Å². The van der Waals surface area contributed by atoms with Crippen molar-refractivity contribution >= 4 is 45.1 Å². The van der Waals surface area contributed by atoms with Gasteiger partial charge < -0.3 is 11.1 Å². The predicted octanol–water partition coefficient (Wildman–Crippen LogP) is 3.21. The Hall–Kier alpha value is -2.55.